The molecule has 1 aromatic rings. The molecule has 0 spiro atoms. The number of ether oxygens (including phenoxy) is 1. The van der Waals surface area contributed by atoms with Crippen molar-refractivity contribution in [1.29, 1.82) is 0 Å². The molecule has 0 aliphatic rings. The van der Waals surface area contributed by atoms with Crippen LogP contribution in [0.5, 0.6) is 5.75 Å². The second kappa shape index (κ2) is 7.49. The van der Waals surface area contributed by atoms with E-state index in [0.29, 0.717) is 12.2 Å². The number of carbonyl (C=O) groups excluding carboxylic acids is 1. The van der Waals surface area contributed by atoms with E-state index >= 15 is 0 Å². The summed E-state index contributed by atoms with van der Waals surface area (Å²) in [5, 5.41) is 12.3. The van der Waals surface area contributed by atoms with Crippen LogP contribution in [0.3, 0.4) is 0 Å². The second-order valence-electron chi connectivity index (χ2n) is 6.76. The van der Waals surface area contributed by atoms with Crippen LogP contribution in [0.25, 0.3) is 0 Å². The van der Waals surface area contributed by atoms with Gasteiger partial charge >= 0.3 is 6.03 Å². The summed E-state index contributed by atoms with van der Waals surface area (Å²) in [5.41, 5.74) is 0.443. The smallest absolute Gasteiger partial charge is 0.322 e. The highest BCUT2D eigenvalue weighted by molar-refractivity contribution is 5.89. The van der Waals surface area contributed by atoms with Gasteiger partial charge < -0.3 is 20.1 Å². The normalized spacial score (nSPS) is 12.9. The number of nitrogens with one attached hydrogen (secondary N) is 1. The lowest BCUT2D eigenvalue weighted by Crippen LogP contribution is -2.43. The minimum Gasteiger partial charge on any atom is -0.488 e. The topological polar surface area (TPSA) is 61.8 Å². The highest BCUT2D eigenvalue weighted by Gasteiger charge is 2.19. The van der Waals surface area contributed by atoms with E-state index in [4.69, 9.17) is 4.74 Å². The predicted octanol–water partition coefficient (Wildman–Crippen LogP) is 3.49. The van der Waals surface area contributed by atoms with Gasteiger partial charge in [-0.25, -0.2) is 4.79 Å². The summed E-state index contributed by atoms with van der Waals surface area (Å²) >= 11 is 0. The first-order valence-electron chi connectivity index (χ1n) is 7.63. The van der Waals surface area contributed by atoms with Crippen LogP contribution in [0.1, 0.15) is 41.5 Å². The van der Waals surface area contributed by atoms with Gasteiger partial charge in [-0.2, -0.15) is 0 Å². The predicted molar refractivity (Wildman–Crippen MR) is 89.4 cm³/mol. The molecule has 22 heavy (non-hydrogen) atoms. The summed E-state index contributed by atoms with van der Waals surface area (Å²) < 4.78 is 5.74. The number of aliphatic hydroxyl groups excluding tert-OH is 1. The largest absolute Gasteiger partial charge is 0.488 e. The molecule has 1 aromatic carbocycles. The molecule has 1 unspecified atom stereocenters. The van der Waals surface area contributed by atoms with E-state index in [9.17, 15) is 9.90 Å². The number of hydrogen-bond acceptors (Lipinski definition) is 3. The number of benzene rings is 1. The van der Waals surface area contributed by atoms with E-state index in [2.05, 4.69) is 5.32 Å². The fraction of sp³-hybridized carbons (Fsp3) is 0.588. The number of amides is 2. The Morgan fingerprint density at radius 3 is 2.18 bits per heavy atom. The molecular formula is C17H28N2O3. The number of aliphatic hydroxyl groups is 1. The van der Waals surface area contributed by atoms with Crippen molar-refractivity contribution in [2.75, 3.05) is 11.9 Å². The fourth-order valence-electron chi connectivity index (χ4n) is 1.97. The maximum absolute atomic E-state index is 12.3. The minimum atomic E-state index is -0.560. The Kier molecular flexibility index (Phi) is 6.23. The van der Waals surface area contributed by atoms with Crippen molar-refractivity contribution < 1.29 is 14.6 Å². The van der Waals surface area contributed by atoms with Gasteiger partial charge in [0, 0.05) is 18.3 Å². The Bertz CT molecular complexity index is 476. The van der Waals surface area contributed by atoms with E-state index in [1.807, 2.05) is 46.8 Å². The molecule has 2 amide bonds. The first-order chi connectivity index (χ1) is 10.1. The molecule has 0 fully saturated rings. The summed E-state index contributed by atoms with van der Waals surface area (Å²) in [6.45, 7) is 11.8. The Morgan fingerprint density at radius 2 is 1.77 bits per heavy atom. The highest BCUT2D eigenvalue weighted by atomic mass is 16.5. The third-order valence-electron chi connectivity index (χ3n) is 2.87. The van der Waals surface area contributed by atoms with Gasteiger partial charge in [-0.05, 0) is 65.8 Å². The SMILES string of the molecule is CC(O)CN(C(=O)Nc1ccc(OC(C)(C)C)cc1)C(C)C. The maximum Gasteiger partial charge on any atom is 0.322 e. The number of rotatable bonds is 5. The zero-order valence-corrected chi connectivity index (χ0v) is 14.4. The molecule has 5 heteroatoms. The molecule has 0 saturated carbocycles. The van der Waals surface area contributed by atoms with Crippen molar-refractivity contribution in [3.05, 3.63) is 24.3 Å². The van der Waals surface area contributed by atoms with Gasteiger partial charge in [0.05, 0.1) is 6.10 Å². The van der Waals surface area contributed by atoms with E-state index in [1.54, 1.807) is 24.0 Å². The zero-order chi connectivity index (χ0) is 16.9. The van der Waals surface area contributed by atoms with Gasteiger partial charge in [0.15, 0.2) is 0 Å². The Balaban J connectivity index is 2.71. The van der Waals surface area contributed by atoms with Crippen molar-refractivity contribution in [2.45, 2.75) is 59.3 Å². The molecule has 0 saturated heterocycles. The monoisotopic (exact) mass is 308 g/mol. The summed E-state index contributed by atoms with van der Waals surface area (Å²) in [4.78, 5) is 13.9. The molecular weight excluding hydrogens is 280 g/mol. The van der Waals surface area contributed by atoms with E-state index < -0.39 is 6.10 Å². The van der Waals surface area contributed by atoms with Crippen LogP contribution < -0.4 is 10.1 Å². The van der Waals surface area contributed by atoms with E-state index in [0.717, 1.165) is 5.75 Å². The standard InChI is InChI=1S/C17H28N2O3/c1-12(2)19(11-13(3)20)16(21)18-14-7-9-15(10-8-14)22-17(4,5)6/h7-10,12-13,20H,11H2,1-6H3,(H,18,21). The summed E-state index contributed by atoms with van der Waals surface area (Å²) in [6.07, 6.45) is -0.560. The zero-order valence-electron chi connectivity index (χ0n) is 14.4. The Hall–Kier alpha value is -1.75. The van der Waals surface area contributed by atoms with Gasteiger partial charge in [-0.3, -0.25) is 0 Å². The number of nitrogens with zero attached hydrogens (tertiary/aromatic N) is 1. The molecule has 0 bridgehead atoms. The number of anilines is 1. The molecule has 1 rings (SSSR count). The van der Waals surface area contributed by atoms with Crippen LogP contribution in [-0.4, -0.2) is 40.3 Å². The molecule has 5 nitrogen and oxygen atoms in total. The molecule has 1 atom stereocenters. The maximum atomic E-state index is 12.3. The van der Waals surface area contributed by atoms with Gasteiger partial charge in [-0.15, -0.1) is 0 Å². The van der Waals surface area contributed by atoms with Crippen LogP contribution in [0.15, 0.2) is 24.3 Å². The summed E-state index contributed by atoms with van der Waals surface area (Å²) in [7, 11) is 0. The van der Waals surface area contributed by atoms with Gasteiger partial charge in [0.1, 0.15) is 11.4 Å². The van der Waals surface area contributed by atoms with Crippen molar-refractivity contribution in [1.82, 2.24) is 4.90 Å². The van der Waals surface area contributed by atoms with Gasteiger partial charge in [0.25, 0.3) is 0 Å². The number of hydrogen-bond donors (Lipinski definition) is 2. The molecule has 124 valence electrons. The lowest BCUT2D eigenvalue weighted by atomic mass is 10.2. The summed E-state index contributed by atoms with van der Waals surface area (Å²) in [5.74, 6) is 0.759. The van der Waals surface area contributed by atoms with Crippen LogP contribution in [0.4, 0.5) is 10.5 Å². The lowest BCUT2D eigenvalue weighted by Gasteiger charge is -2.28. The van der Waals surface area contributed by atoms with Crippen molar-refractivity contribution >= 4 is 11.7 Å². The van der Waals surface area contributed by atoms with Gasteiger partial charge in [-0.1, -0.05) is 0 Å². The number of urea groups is 1. The van der Waals surface area contributed by atoms with Crippen molar-refractivity contribution in [3.63, 3.8) is 0 Å². The molecule has 2 N–H and O–H groups in total. The Labute approximate surface area is 133 Å². The molecule has 0 heterocycles. The first-order valence-corrected chi connectivity index (χ1v) is 7.63. The average molecular weight is 308 g/mol. The second-order valence-corrected chi connectivity index (χ2v) is 6.76. The third kappa shape index (κ3) is 6.35. The van der Waals surface area contributed by atoms with Crippen LogP contribution >= 0.6 is 0 Å². The summed E-state index contributed by atoms with van der Waals surface area (Å²) in [6, 6.07) is 7.06. The number of carbonyl (C=O) groups is 1. The van der Waals surface area contributed by atoms with Crippen LogP contribution in [-0.2, 0) is 0 Å². The molecule has 0 aliphatic carbocycles. The van der Waals surface area contributed by atoms with Crippen molar-refractivity contribution in [2.24, 2.45) is 0 Å². The van der Waals surface area contributed by atoms with Gasteiger partial charge in [0.2, 0.25) is 0 Å². The average Bonchev–Trinajstić information content (AvgIpc) is 2.36. The lowest BCUT2D eigenvalue weighted by molar-refractivity contribution is 0.125. The highest BCUT2D eigenvalue weighted by Crippen LogP contribution is 2.20. The van der Waals surface area contributed by atoms with E-state index in [-0.39, 0.29) is 17.7 Å². The molecule has 0 aliphatic heterocycles. The minimum absolute atomic E-state index is 0.0121. The quantitative estimate of drug-likeness (QED) is 0.875. The van der Waals surface area contributed by atoms with Crippen LogP contribution in [0.2, 0.25) is 0 Å². The van der Waals surface area contributed by atoms with E-state index in [1.165, 1.54) is 0 Å². The fourth-order valence-corrected chi connectivity index (χ4v) is 1.97. The van der Waals surface area contributed by atoms with Crippen LogP contribution in [0, 0.1) is 0 Å². The molecule has 0 aromatic heterocycles. The third-order valence-corrected chi connectivity index (χ3v) is 2.87. The molecule has 0 radical (unpaired) electrons. The van der Waals surface area contributed by atoms with Crippen molar-refractivity contribution in [3.8, 4) is 5.75 Å². The Morgan fingerprint density at radius 1 is 1.23 bits per heavy atom. The first kappa shape index (κ1) is 18.3.